The molecule has 2 N–H and O–H groups in total. The van der Waals surface area contributed by atoms with Gasteiger partial charge in [-0.2, -0.15) is 0 Å². The van der Waals surface area contributed by atoms with Gasteiger partial charge in [0.15, 0.2) is 0 Å². The summed E-state index contributed by atoms with van der Waals surface area (Å²) in [6, 6.07) is 5.30. The Kier molecular flexibility index (Phi) is 7.55. The van der Waals surface area contributed by atoms with Crippen LogP contribution in [0.2, 0.25) is 0 Å². The van der Waals surface area contributed by atoms with Gasteiger partial charge in [0.2, 0.25) is 0 Å². The Morgan fingerprint density at radius 3 is 2.60 bits per heavy atom. The third-order valence-electron chi connectivity index (χ3n) is 3.36. The highest BCUT2D eigenvalue weighted by Crippen LogP contribution is 2.29. The summed E-state index contributed by atoms with van der Waals surface area (Å²) < 4.78 is 14.3. The van der Waals surface area contributed by atoms with E-state index in [-0.39, 0.29) is 18.5 Å². The Balaban J connectivity index is 3.07. The van der Waals surface area contributed by atoms with Crippen molar-refractivity contribution in [2.75, 3.05) is 31.1 Å². The number of rotatable bonds is 9. The van der Waals surface area contributed by atoms with Crippen molar-refractivity contribution < 1.29 is 9.50 Å². The van der Waals surface area contributed by atoms with E-state index in [1.54, 1.807) is 6.07 Å². The highest BCUT2D eigenvalue weighted by atomic mass is 19.1. The topological polar surface area (TPSA) is 35.5 Å². The summed E-state index contributed by atoms with van der Waals surface area (Å²) in [4.78, 5) is 1.94. The van der Waals surface area contributed by atoms with Crippen molar-refractivity contribution in [1.82, 2.24) is 5.32 Å². The number of aliphatic hydroxyl groups excluding tert-OH is 1. The summed E-state index contributed by atoms with van der Waals surface area (Å²) in [7, 11) is 0. The van der Waals surface area contributed by atoms with E-state index in [2.05, 4.69) is 26.1 Å². The molecule has 0 spiro atoms. The molecule has 1 atom stereocenters. The lowest BCUT2D eigenvalue weighted by Crippen LogP contribution is -2.31. The Hall–Kier alpha value is -1.13. The molecule has 1 aromatic carbocycles. The molecule has 1 unspecified atom stereocenters. The van der Waals surface area contributed by atoms with Gasteiger partial charge in [0, 0.05) is 19.1 Å². The van der Waals surface area contributed by atoms with Crippen molar-refractivity contribution in [2.45, 2.75) is 39.7 Å². The van der Waals surface area contributed by atoms with Gasteiger partial charge in [0.1, 0.15) is 5.82 Å². The van der Waals surface area contributed by atoms with Crippen LogP contribution in [0.5, 0.6) is 0 Å². The fraction of sp³-hybridized carbons (Fsp3) is 0.625. The molecule has 3 nitrogen and oxygen atoms in total. The van der Waals surface area contributed by atoms with Crippen LogP contribution in [0.1, 0.15) is 45.2 Å². The van der Waals surface area contributed by atoms with Crippen LogP contribution < -0.4 is 10.2 Å². The first kappa shape index (κ1) is 16.9. The summed E-state index contributed by atoms with van der Waals surface area (Å²) in [5.74, 6) is -0.213. The highest BCUT2D eigenvalue weighted by Gasteiger charge is 2.18. The number of aliphatic hydroxyl groups is 1. The number of benzene rings is 1. The maximum absolute atomic E-state index is 14.3. The second-order valence-electron chi connectivity index (χ2n) is 5.06. The fourth-order valence-corrected chi connectivity index (χ4v) is 2.41. The normalized spacial score (nSPS) is 12.4. The van der Waals surface area contributed by atoms with Crippen molar-refractivity contribution in [1.29, 1.82) is 0 Å². The smallest absolute Gasteiger partial charge is 0.146 e. The molecule has 0 bridgehead atoms. The molecule has 1 aromatic rings. The predicted octanol–water partition coefficient (Wildman–Crippen LogP) is 3.10. The van der Waals surface area contributed by atoms with Crippen LogP contribution in [0, 0.1) is 5.82 Å². The Labute approximate surface area is 121 Å². The quantitative estimate of drug-likeness (QED) is 0.730. The first-order valence-electron chi connectivity index (χ1n) is 7.53. The lowest BCUT2D eigenvalue weighted by molar-refractivity contribution is 0.301. The number of halogens is 1. The van der Waals surface area contributed by atoms with E-state index in [0.29, 0.717) is 12.2 Å². The molecule has 114 valence electrons. The number of nitrogens with one attached hydrogen (secondary N) is 1. The number of para-hydroxylation sites is 1. The van der Waals surface area contributed by atoms with E-state index in [0.717, 1.165) is 31.5 Å². The Morgan fingerprint density at radius 1 is 1.25 bits per heavy atom. The summed E-state index contributed by atoms with van der Waals surface area (Å²) in [5, 5.41) is 12.6. The molecule has 0 aliphatic heterocycles. The van der Waals surface area contributed by atoms with E-state index >= 15 is 0 Å². The van der Waals surface area contributed by atoms with Crippen LogP contribution in [-0.2, 0) is 0 Å². The lowest BCUT2D eigenvalue weighted by atomic mass is 10.0. The minimum Gasteiger partial charge on any atom is -0.395 e. The summed E-state index contributed by atoms with van der Waals surface area (Å²) in [6.45, 7) is 8.37. The molecule has 0 aromatic heterocycles. The molecule has 0 amide bonds. The summed E-state index contributed by atoms with van der Waals surface area (Å²) in [6.07, 6.45) is 1.97. The molecule has 0 fully saturated rings. The van der Waals surface area contributed by atoms with Crippen molar-refractivity contribution in [3.8, 4) is 0 Å². The van der Waals surface area contributed by atoms with Gasteiger partial charge in [-0.1, -0.05) is 26.0 Å². The zero-order valence-corrected chi connectivity index (χ0v) is 12.8. The van der Waals surface area contributed by atoms with Gasteiger partial charge in [-0.05, 0) is 37.9 Å². The molecular weight excluding hydrogens is 255 g/mol. The van der Waals surface area contributed by atoms with Crippen LogP contribution in [0.3, 0.4) is 0 Å². The zero-order valence-electron chi connectivity index (χ0n) is 12.8. The van der Waals surface area contributed by atoms with Gasteiger partial charge in [0.05, 0.1) is 12.3 Å². The first-order chi connectivity index (χ1) is 9.65. The van der Waals surface area contributed by atoms with Crippen molar-refractivity contribution in [3.05, 3.63) is 29.6 Å². The zero-order chi connectivity index (χ0) is 15.0. The number of anilines is 1. The van der Waals surface area contributed by atoms with Crippen LogP contribution >= 0.6 is 0 Å². The van der Waals surface area contributed by atoms with Gasteiger partial charge in [0.25, 0.3) is 0 Å². The van der Waals surface area contributed by atoms with Crippen molar-refractivity contribution in [2.24, 2.45) is 0 Å². The third kappa shape index (κ3) is 4.46. The van der Waals surface area contributed by atoms with Crippen LogP contribution in [0.4, 0.5) is 10.1 Å². The van der Waals surface area contributed by atoms with Gasteiger partial charge in [-0.3, -0.25) is 0 Å². The van der Waals surface area contributed by atoms with E-state index < -0.39 is 0 Å². The highest BCUT2D eigenvalue weighted by molar-refractivity contribution is 5.56. The Bertz CT molecular complexity index is 392. The van der Waals surface area contributed by atoms with E-state index in [4.69, 9.17) is 0 Å². The minimum absolute atomic E-state index is 0.0323. The molecule has 0 aliphatic carbocycles. The molecule has 0 heterocycles. The van der Waals surface area contributed by atoms with Gasteiger partial charge < -0.3 is 15.3 Å². The fourth-order valence-electron chi connectivity index (χ4n) is 2.41. The van der Waals surface area contributed by atoms with Crippen LogP contribution in [0.15, 0.2) is 18.2 Å². The summed E-state index contributed by atoms with van der Waals surface area (Å²) >= 11 is 0. The minimum atomic E-state index is -0.213. The number of nitrogens with zero attached hydrogens (tertiary/aromatic N) is 1. The second kappa shape index (κ2) is 8.93. The average molecular weight is 282 g/mol. The standard InChI is InChI=1S/C16H27FN2O/c1-4-9-18-13(3)14-7-6-8-15(17)16(14)19(10-5-2)11-12-20/h6-8,13,18,20H,4-5,9-12H2,1-3H3. The Morgan fingerprint density at radius 2 is 2.00 bits per heavy atom. The van der Waals surface area contributed by atoms with Crippen LogP contribution in [0.25, 0.3) is 0 Å². The van der Waals surface area contributed by atoms with E-state index in [1.165, 1.54) is 6.07 Å². The molecular formula is C16H27FN2O. The number of hydrogen-bond donors (Lipinski definition) is 2. The van der Waals surface area contributed by atoms with Gasteiger partial charge >= 0.3 is 0 Å². The monoisotopic (exact) mass is 282 g/mol. The molecule has 0 saturated carbocycles. The SMILES string of the molecule is CCCNC(C)c1cccc(F)c1N(CCC)CCO. The lowest BCUT2D eigenvalue weighted by Gasteiger charge is -2.28. The summed E-state index contributed by atoms with van der Waals surface area (Å²) in [5.41, 5.74) is 1.58. The predicted molar refractivity (Wildman–Crippen MR) is 82.7 cm³/mol. The maximum atomic E-state index is 14.3. The van der Waals surface area contributed by atoms with Gasteiger partial charge in [-0.25, -0.2) is 4.39 Å². The van der Waals surface area contributed by atoms with Crippen molar-refractivity contribution >= 4 is 5.69 Å². The molecule has 20 heavy (non-hydrogen) atoms. The van der Waals surface area contributed by atoms with Gasteiger partial charge in [-0.15, -0.1) is 0 Å². The first-order valence-corrected chi connectivity index (χ1v) is 7.53. The average Bonchev–Trinajstić information content (AvgIpc) is 2.44. The van der Waals surface area contributed by atoms with E-state index in [9.17, 15) is 9.50 Å². The van der Waals surface area contributed by atoms with Crippen LogP contribution in [-0.4, -0.2) is 31.3 Å². The maximum Gasteiger partial charge on any atom is 0.146 e. The third-order valence-corrected chi connectivity index (χ3v) is 3.36. The molecule has 0 saturated heterocycles. The molecule has 0 radical (unpaired) electrons. The van der Waals surface area contributed by atoms with Crippen molar-refractivity contribution in [3.63, 3.8) is 0 Å². The molecule has 4 heteroatoms. The molecule has 1 rings (SSSR count). The molecule has 0 aliphatic rings. The van der Waals surface area contributed by atoms with E-state index in [1.807, 2.05) is 11.0 Å². The second-order valence-corrected chi connectivity index (χ2v) is 5.06. The number of hydrogen-bond acceptors (Lipinski definition) is 3. The largest absolute Gasteiger partial charge is 0.395 e.